The van der Waals surface area contributed by atoms with Crippen LogP contribution in [0.15, 0.2) is 28.3 Å². The fourth-order valence-electron chi connectivity index (χ4n) is 3.94. The number of amides is 1. The average Bonchev–Trinajstić information content (AvgIpc) is 3.03. The van der Waals surface area contributed by atoms with Crippen molar-refractivity contribution < 1.29 is 13.2 Å². The summed E-state index contributed by atoms with van der Waals surface area (Å²) >= 11 is 1.43. The van der Waals surface area contributed by atoms with Gasteiger partial charge in [-0.05, 0) is 44.4 Å². The van der Waals surface area contributed by atoms with E-state index in [0.29, 0.717) is 11.6 Å². The lowest BCUT2D eigenvalue weighted by Crippen LogP contribution is -2.42. The molecule has 1 heterocycles. The maximum Gasteiger partial charge on any atom is 0.238 e. The molecular formula is C20H30N4O3S2. The average molecular weight is 439 g/mol. The fraction of sp³-hybridized carbons (Fsp3) is 0.600. The molecule has 0 saturated heterocycles. The topological polar surface area (TPSA) is 98.3 Å². The van der Waals surface area contributed by atoms with E-state index < -0.39 is 10.0 Å². The Balaban J connectivity index is 1.85. The first kappa shape index (κ1) is 22.1. The number of aromatic nitrogens is 2. The number of nitrogens with zero attached hydrogens (tertiary/aromatic N) is 3. The van der Waals surface area contributed by atoms with Crippen LogP contribution in [0.3, 0.4) is 0 Å². The van der Waals surface area contributed by atoms with E-state index in [1.807, 2.05) is 18.9 Å². The van der Waals surface area contributed by atoms with Crippen molar-refractivity contribution >= 4 is 38.7 Å². The predicted octanol–water partition coefficient (Wildman–Crippen LogP) is 3.37. The van der Waals surface area contributed by atoms with E-state index in [4.69, 9.17) is 5.14 Å². The van der Waals surface area contributed by atoms with Gasteiger partial charge in [0.1, 0.15) is 0 Å². The monoisotopic (exact) mass is 438 g/mol. The second-order valence-corrected chi connectivity index (χ2v) is 10.6. The van der Waals surface area contributed by atoms with Gasteiger partial charge in [-0.2, -0.15) is 0 Å². The molecule has 0 radical (unpaired) electrons. The molecule has 1 atom stereocenters. The predicted molar refractivity (Wildman–Crippen MR) is 116 cm³/mol. The number of hydrogen-bond donors (Lipinski definition) is 1. The molecular weight excluding hydrogens is 408 g/mol. The van der Waals surface area contributed by atoms with Crippen LogP contribution < -0.4 is 5.14 Å². The van der Waals surface area contributed by atoms with Gasteiger partial charge < -0.3 is 9.47 Å². The van der Waals surface area contributed by atoms with E-state index in [-0.39, 0.29) is 16.1 Å². The molecule has 1 fully saturated rings. The van der Waals surface area contributed by atoms with Gasteiger partial charge in [-0.25, -0.2) is 18.5 Å². The van der Waals surface area contributed by atoms with E-state index in [1.165, 1.54) is 43.2 Å². The number of benzene rings is 1. The number of rotatable bonds is 7. The highest BCUT2D eigenvalue weighted by molar-refractivity contribution is 8.00. The Hall–Kier alpha value is -1.58. The van der Waals surface area contributed by atoms with Gasteiger partial charge in [0.15, 0.2) is 5.16 Å². The number of imidazole rings is 1. The summed E-state index contributed by atoms with van der Waals surface area (Å²) in [6, 6.07) is 5.07. The standard InChI is InChI=1S/C20H30N4O3S2/c1-4-12-24-18-11-10-16(29(21,26)27)13-17(18)22-20(24)28-14(2)19(25)23(3)15-8-6-5-7-9-15/h10-11,13-15H,4-9,12H2,1-3H3,(H2,21,26,27). The number of carbonyl (C=O) groups excluding carboxylic acids is 1. The molecule has 9 heteroatoms. The van der Waals surface area contributed by atoms with Crippen molar-refractivity contribution in [3.63, 3.8) is 0 Å². The fourth-order valence-corrected chi connectivity index (χ4v) is 5.52. The van der Waals surface area contributed by atoms with Crippen LogP contribution in [-0.2, 0) is 21.4 Å². The summed E-state index contributed by atoms with van der Waals surface area (Å²) in [4.78, 5) is 19.6. The molecule has 7 nitrogen and oxygen atoms in total. The zero-order valence-corrected chi connectivity index (χ0v) is 18.9. The van der Waals surface area contributed by atoms with Crippen molar-refractivity contribution in [2.75, 3.05) is 7.05 Å². The molecule has 1 unspecified atom stereocenters. The lowest BCUT2D eigenvalue weighted by atomic mass is 9.94. The molecule has 2 N–H and O–H groups in total. The minimum Gasteiger partial charge on any atom is -0.342 e. The smallest absolute Gasteiger partial charge is 0.238 e. The molecule has 3 rings (SSSR count). The number of hydrogen-bond acceptors (Lipinski definition) is 5. The molecule has 29 heavy (non-hydrogen) atoms. The molecule has 1 aliphatic rings. The van der Waals surface area contributed by atoms with Crippen LogP contribution in [0.5, 0.6) is 0 Å². The van der Waals surface area contributed by atoms with E-state index in [1.54, 1.807) is 6.07 Å². The lowest BCUT2D eigenvalue weighted by molar-refractivity contribution is -0.131. The third kappa shape index (κ3) is 4.95. The molecule has 1 aromatic carbocycles. The largest absolute Gasteiger partial charge is 0.342 e. The van der Waals surface area contributed by atoms with Gasteiger partial charge >= 0.3 is 0 Å². The molecule has 1 aromatic heterocycles. The summed E-state index contributed by atoms with van der Waals surface area (Å²) in [6.45, 7) is 4.73. The van der Waals surface area contributed by atoms with Crippen LogP contribution in [0.25, 0.3) is 11.0 Å². The lowest BCUT2D eigenvalue weighted by Gasteiger charge is -2.32. The summed E-state index contributed by atoms with van der Waals surface area (Å²) in [6.07, 6.45) is 6.67. The normalized spacial score (nSPS) is 16.8. The maximum absolute atomic E-state index is 13.0. The Morgan fingerprint density at radius 1 is 1.34 bits per heavy atom. The zero-order valence-electron chi connectivity index (χ0n) is 17.3. The summed E-state index contributed by atoms with van der Waals surface area (Å²) < 4.78 is 25.4. The molecule has 1 aliphatic carbocycles. The van der Waals surface area contributed by atoms with Crippen molar-refractivity contribution in [1.29, 1.82) is 0 Å². The van der Waals surface area contributed by atoms with Crippen molar-refractivity contribution in [1.82, 2.24) is 14.5 Å². The number of fused-ring (bicyclic) bond motifs is 1. The zero-order chi connectivity index (χ0) is 21.2. The van der Waals surface area contributed by atoms with Gasteiger partial charge in [0.25, 0.3) is 0 Å². The molecule has 1 saturated carbocycles. The minimum absolute atomic E-state index is 0.0452. The van der Waals surface area contributed by atoms with Crippen LogP contribution in [-0.4, -0.2) is 47.1 Å². The molecule has 1 amide bonds. The first-order chi connectivity index (χ1) is 13.7. The van der Waals surface area contributed by atoms with Gasteiger partial charge in [0, 0.05) is 19.6 Å². The number of carbonyl (C=O) groups is 1. The molecule has 0 bridgehead atoms. The Kier molecular flexibility index (Phi) is 6.90. The van der Waals surface area contributed by atoms with E-state index >= 15 is 0 Å². The number of aryl methyl sites for hydroxylation is 1. The van der Waals surface area contributed by atoms with Gasteiger partial charge in [-0.1, -0.05) is 37.9 Å². The van der Waals surface area contributed by atoms with E-state index in [2.05, 4.69) is 16.5 Å². The summed E-state index contributed by atoms with van der Waals surface area (Å²) in [5, 5.41) is 5.71. The molecule has 2 aromatic rings. The quantitative estimate of drug-likeness (QED) is 0.668. The van der Waals surface area contributed by atoms with Crippen molar-refractivity contribution in [3.05, 3.63) is 18.2 Å². The van der Waals surface area contributed by atoms with Crippen LogP contribution >= 0.6 is 11.8 Å². The Labute approximate surface area is 177 Å². The van der Waals surface area contributed by atoms with Crippen LogP contribution in [0.2, 0.25) is 0 Å². The van der Waals surface area contributed by atoms with Gasteiger partial charge in [-0.15, -0.1) is 0 Å². The maximum atomic E-state index is 13.0. The number of primary sulfonamides is 1. The van der Waals surface area contributed by atoms with Gasteiger partial charge in [0.2, 0.25) is 15.9 Å². The summed E-state index contributed by atoms with van der Waals surface area (Å²) in [5.41, 5.74) is 1.43. The minimum atomic E-state index is -3.79. The highest BCUT2D eigenvalue weighted by Gasteiger charge is 2.27. The van der Waals surface area contributed by atoms with E-state index in [9.17, 15) is 13.2 Å². The number of sulfonamides is 1. The molecule has 0 spiro atoms. The van der Waals surface area contributed by atoms with E-state index in [0.717, 1.165) is 36.5 Å². The molecule has 160 valence electrons. The first-order valence-electron chi connectivity index (χ1n) is 10.2. The Morgan fingerprint density at radius 2 is 2.03 bits per heavy atom. The number of thioether (sulfide) groups is 1. The van der Waals surface area contributed by atoms with Crippen LogP contribution in [0.1, 0.15) is 52.4 Å². The van der Waals surface area contributed by atoms with Crippen LogP contribution in [0.4, 0.5) is 0 Å². The summed E-state index contributed by atoms with van der Waals surface area (Å²) in [5.74, 6) is 0.113. The molecule has 0 aliphatic heterocycles. The Bertz CT molecular complexity index is 981. The Morgan fingerprint density at radius 3 is 2.66 bits per heavy atom. The highest BCUT2D eigenvalue weighted by atomic mass is 32.2. The van der Waals surface area contributed by atoms with Crippen LogP contribution in [0, 0.1) is 0 Å². The SMILES string of the molecule is CCCn1c(SC(C)C(=O)N(C)C2CCCCC2)nc2cc(S(N)(=O)=O)ccc21. The third-order valence-corrected chi connectivity index (χ3v) is 7.55. The van der Waals surface area contributed by atoms with Crippen molar-refractivity contribution in [3.8, 4) is 0 Å². The highest BCUT2D eigenvalue weighted by Crippen LogP contribution is 2.31. The van der Waals surface area contributed by atoms with Gasteiger partial charge in [0.05, 0.1) is 21.2 Å². The summed E-state index contributed by atoms with van der Waals surface area (Å²) in [7, 11) is -1.88. The number of nitrogens with two attached hydrogens (primary N) is 1. The van der Waals surface area contributed by atoms with Crippen molar-refractivity contribution in [2.45, 2.75) is 80.3 Å². The van der Waals surface area contributed by atoms with Crippen molar-refractivity contribution in [2.24, 2.45) is 5.14 Å². The second kappa shape index (κ2) is 9.06. The first-order valence-corrected chi connectivity index (χ1v) is 12.6. The van der Waals surface area contributed by atoms with Gasteiger partial charge in [-0.3, -0.25) is 4.79 Å². The third-order valence-electron chi connectivity index (χ3n) is 5.56. The second-order valence-electron chi connectivity index (χ2n) is 7.74.